The predicted octanol–water partition coefficient (Wildman–Crippen LogP) is 3.21. The summed E-state index contributed by atoms with van der Waals surface area (Å²) in [5.41, 5.74) is 2.03. The van der Waals surface area contributed by atoms with Gasteiger partial charge in [-0.3, -0.25) is 4.98 Å². The van der Waals surface area contributed by atoms with E-state index in [1.54, 1.807) is 18.3 Å². The van der Waals surface area contributed by atoms with Gasteiger partial charge < -0.3 is 5.32 Å². The van der Waals surface area contributed by atoms with Gasteiger partial charge in [-0.05, 0) is 29.8 Å². The standard InChI is InChI=1S/C14H14ClFN2/c15-13-9-11(4-5-14(13)16)10-17-8-6-12-3-1-2-7-18-12/h1-5,7,9,17H,6,8,10H2. The molecule has 1 aromatic heterocycles. The molecule has 1 heterocycles. The zero-order valence-electron chi connectivity index (χ0n) is 9.87. The lowest BCUT2D eigenvalue weighted by molar-refractivity contribution is 0.625. The minimum atomic E-state index is -0.381. The third-order valence-electron chi connectivity index (χ3n) is 2.60. The van der Waals surface area contributed by atoms with Crippen molar-refractivity contribution in [1.82, 2.24) is 10.3 Å². The molecule has 0 aliphatic rings. The van der Waals surface area contributed by atoms with Crippen LogP contribution in [0, 0.1) is 5.82 Å². The number of nitrogens with zero attached hydrogens (tertiary/aromatic N) is 1. The molecule has 18 heavy (non-hydrogen) atoms. The highest BCUT2D eigenvalue weighted by molar-refractivity contribution is 6.30. The Morgan fingerprint density at radius 3 is 2.83 bits per heavy atom. The molecule has 0 bridgehead atoms. The highest BCUT2D eigenvalue weighted by Gasteiger charge is 2.00. The SMILES string of the molecule is Fc1ccc(CNCCc2ccccn2)cc1Cl. The number of rotatable bonds is 5. The molecular weight excluding hydrogens is 251 g/mol. The minimum absolute atomic E-state index is 0.166. The van der Waals surface area contributed by atoms with Crippen LogP contribution >= 0.6 is 11.6 Å². The molecular formula is C14H14ClFN2. The average Bonchev–Trinajstić information content (AvgIpc) is 2.40. The second kappa shape index (κ2) is 6.47. The predicted molar refractivity (Wildman–Crippen MR) is 71.1 cm³/mol. The quantitative estimate of drug-likeness (QED) is 0.839. The summed E-state index contributed by atoms with van der Waals surface area (Å²) in [5, 5.41) is 3.44. The van der Waals surface area contributed by atoms with Crippen molar-refractivity contribution in [3.8, 4) is 0 Å². The van der Waals surface area contributed by atoms with Crippen molar-refractivity contribution >= 4 is 11.6 Å². The molecule has 0 radical (unpaired) electrons. The van der Waals surface area contributed by atoms with Crippen LogP contribution in [0.15, 0.2) is 42.6 Å². The molecule has 0 atom stereocenters. The molecule has 0 amide bonds. The van der Waals surface area contributed by atoms with Gasteiger partial charge in [0.15, 0.2) is 0 Å². The van der Waals surface area contributed by atoms with Crippen molar-refractivity contribution in [1.29, 1.82) is 0 Å². The molecule has 2 rings (SSSR count). The average molecular weight is 265 g/mol. The van der Waals surface area contributed by atoms with Crippen LogP contribution in [0.3, 0.4) is 0 Å². The van der Waals surface area contributed by atoms with E-state index in [1.807, 2.05) is 18.2 Å². The fourth-order valence-corrected chi connectivity index (χ4v) is 1.85. The van der Waals surface area contributed by atoms with Crippen LogP contribution in [-0.2, 0) is 13.0 Å². The summed E-state index contributed by atoms with van der Waals surface area (Å²) in [6, 6.07) is 10.6. The van der Waals surface area contributed by atoms with Crippen LogP contribution < -0.4 is 5.32 Å². The maximum Gasteiger partial charge on any atom is 0.141 e. The van der Waals surface area contributed by atoms with E-state index in [0.717, 1.165) is 24.2 Å². The Kier molecular flexibility index (Phi) is 4.67. The van der Waals surface area contributed by atoms with E-state index in [0.29, 0.717) is 6.54 Å². The zero-order valence-corrected chi connectivity index (χ0v) is 10.6. The van der Waals surface area contributed by atoms with E-state index in [2.05, 4.69) is 10.3 Å². The van der Waals surface area contributed by atoms with Gasteiger partial charge in [0, 0.05) is 31.4 Å². The molecule has 0 unspecified atom stereocenters. The number of hydrogen-bond donors (Lipinski definition) is 1. The summed E-state index contributed by atoms with van der Waals surface area (Å²) in [6.07, 6.45) is 2.66. The summed E-state index contributed by atoms with van der Waals surface area (Å²) in [7, 11) is 0. The van der Waals surface area contributed by atoms with Gasteiger partial charge in [-0.25, -0.2) is 4.39 Å². The van der Waals surface area contributed by atoms with Crippen molar-refractivity contribution in [2.75, 3.05) is 6.54 Å². The molecule has 0 aliphatic heterocycles. The van der Waals surface area contributed by atoms with Crippen molar-refractivity contribution in [3.05, 3.63) is 64.7 Å². The number of pyridine rings is 1. The Balaban J connectivity index is 1.77. The largest absolute Gasteiger partial charge is 0.312 e. The lowest BCUT2D eigenvalue weighted by Crippen LogP contribution is -2.17. The van der Waals surface area contributed by atoms with Crippen LogP contribution in [0.4, 0.5) is 4.39 Å². The smallest absolute Gasteiger partial charge is 0.141 e. The van der Waals surface area contributed by atoms with Crippen molar-refractivity contribution in [3.63, 3.8) is 0 Å². The van der Waals surface area contributed by atoms with Gasteiger partial charge in [0.25, 0.3) is 0 Å². The first kappa shape index (κ1) is 13.0. The van der Waals surface area contributed by atoms with Crippen LogP contribution in [-0.4, -0.2) is 11.5 Å². The first-order valence-corrected chi connectivity index (χ1v) is 6.18. The summed E-state index contributed by atoms with van der Waals surface area (Å²) >= 11 is 5.71. The highest BCUT2D eigenvalue weighted by atomic mass is 35.5. The van der Waals surface area contributed by atoms with Gasteiger partial charge in [-0.2, -0.15) is 0 Å². The van der Waals surface area contributed by atoms with Crippen LogP contribution in [0.25, 0.3) is 0 Å². The second-order valence-electron chi connectivity index (χ2n) is 4.00. The summed E-state index contributed by atoms with van der Waals surface area (Å²) in [4.78, 5) is 4.24. The normalized spacial score (nSPS) is 10.6. The maximum atomic E-state index is 12.9. The van der Waals surface area contributed by atoms with E-state index < -0.39 is 0 Å². The van der Waals surface area contributed by atoms with Crippen molar-refractivity contribution < 1.29 is 4.39 Å². The lowest BCUT2D eigenvalue weighted by atomic mass is 10.2. The van der Waals surface area contributed by atoms with Gasteiger partial charge in [-0.15, -0.1) is 0 Å². The Hall–Kier alpha value is -1.45. The van der Waals surface area contributed by atoms with E-state index in [-0.39, 0.29) is 10.8 Å². The molecule has 0 aliphatic carbocycles. The Morgan fingerprint density at radius 2 is 2.11 bits per heavy atom. The monoisotopic (exact) mass is 264 g/mol. The number of nitrogens with one attached hydrogen (secondary N) is 1. The lowest BCUT2D eigenvalue weighted by Gasteiger charge is -2.05. The maximum absolute atomic E-state index is 12.9. The fraction of sp³-hybridized carbons (Fsp3) is 0.214. The Labute approximate surface area is 111 Å². The first-order valence-electron chi connectivity index (χ1n) is 5.80. The molecule has 94 valence electrons. The first-order chi connectivity index (χ1) is 8.75. The van der Waals surface area contributed by atoms with Crippen LogP contribution in [0.5, 0.6) is 0 Å². The molecule has 4 heteroatoms. The number of aromatic nitrogens is 1. The molecule has 0 saturated heterocycles. The van der Waals surface area contributed by atoms with Gasteiger partial charge in [0.05, 0.1) is 5.02 Å². The van der Waals surface area contributed by atoms with Gasteiger partial charge in [0.2, 0.25) is 0 Å². The number of halogens is 2. The highest BCUT2D eigenvalue weighted by Crippen LogP contribution is 2.15. The Morgan fingerprint density at radius 1 is 1.22 bits per heavy atom. The third kappa shape index (κ3) is 3.79. The van der Waals surface area contributed by atoms with Crippen LogP contribution in [0.2, 0.25) is 5.02 Å². The van der Waals surface area contributed by atoms with Gasteiger partial charge in [0.1, 0.15) is 5.82 Å². The van der Waals surface area contributed by atoms with Crippen LogP contribution in [0.1, 0.15) is 11.3 Å². The molecule has 2 aromatic rings. The molecule has 1 aromatic carbocycles. The van der Waals surface area contributed by atoms with Crippen molar-refractivity contribution in [2.24, 2.45) is 0 Å². The van der Waals surface area contributed by atoms with Crippen molar-refractivity contribution in [2.45, 2.75) is 13.0 Å². The molecule has 0 saturated carbocycles. The summed E-state index contributed by atoms with van der Waals surface area (Å²) in [5.74, 6) is -0.381. The van der Waals surface area contributed by atoms with Gasteiger partial charge in [-0.1, -0.05) is 23.7 Å². The van der Waals surface area contributed by atoms with Gasteiger partial charge >= 0.3 is 0 Å². The summed E-state index contributed by atoms with van der Waals surface area (Å²) < 4.78 is 12.9. The summed E-state index contributed by atoms with van der Waals surface area (Å²) in [6.45, 7) is 1.50. The minimum Gasteiger partial charge on any atom is -0.312 e. The number of hydrogen-bond acceptors (Lipinski definition) is 2. The topological polar surface area (TPSA) is 24.9 Å². The second-order valence-corrected chi connectivity index (χ2v) is 4.40. The molecule has 0 fully saturated rings. The third-order valence-corrected chi connectivity index (χ3v) is 2.89. The Bertz CT molecular complexity index is 502. The fourth-order valence-electron chi connectivity index (χ4n) is 1.64. The molecule has 0 spiro atoms. The van der Waals surface area contributed by atoms with E-state index in [4.69, 9.17) is 11.6 Å². The zero-order chi connectivity index (χ0) is 12.8. The van der Waals surface area contributed by atoms with E-state index in [9.17, 15) is 4.39 Å². The molecule has 1 N–H and O–H groups in total. The van der Waals surface area contributed by atoms with E-state index >= 15 is 0 Å². The molecule has 2 nitrogen and oxygen atoms in total. The number of benzene rings is 1. The van der Waals surface area contributed by atoms with E-state index in [1.165, 1.54) is 6.07 Å².